The molecule has 2 aromatic carbocycles. The van der Waals surface area contributed by atoms with Gasteiger partial charge in [0.25, 0.3) is 5.91 Å². The molecule has 0 saturated heterocycles. The largest absolute Gasteiger partial charge is 0.494 e. The van der Waals surface area contributed by atoms with Crippen molar-refractivity contribution in [1.82, 2.24) is 15.5 Å². The first-order valence-corrected chi connectivity index (χ1v) is 8.90. The zero-order valence-electron chi connectivity index (χ0n) is 15.8. The Morgan fingerprint density at radius 3 is 2.44 bits per heavy atom. The number of aromatic amines is 1. The van der Waals surface area contributed by atoms with Crippen molar-refractivity contribution < 1.29 is 9.53 Å². The first-order chi connectivity index (χ1) is 13.1. The summed E-state index contributed by atoms with van der Waals surface area (Å²) in [6, 6.07) is 17.5. The molecule has 2 N–H and O–H groups in total. The highest BCUT2D eigenvalue weighted by Gasteiger charge is 2.11. The molecule has 6 heteroatoms. The van der Waals surface area contributed by atoms with E-state index in [9.17, 15) is 4.79 Å². The number of rotatable bonds is 7. The molecule has 0 aliphatic rings. The van der Waals surface area contributed by atoms with Gasteiger partial charge in [0.05, 0.1) is 12.3 Å². The van der Waals surface area contributed by atoms with Crippen LogP contribution in [0.1, 0.15) is 23.0 Å². The number of ether oxygens (including phenoxy) is 1. The minimum atomic E-state index is -0.184. The Balaban J connectivity index is 1.61. The summed E-state index contributed by atoms with van der Waals surface area (Å²) in [7, 11) is 3.99. The standard InChI is InChI=1S/C21H24N4O2/c1-4-27-18-11-7-16(8-12-18)19-13-20(24-23-19)21(26)22-14-15-5-9-17(10-6-15)25(2)3/h5-13H,4,14H2,1-3H3,(H,22,26)(H,23,24). The van der Waals surface area contributed by atoms with Gasteiger partial charge >= 0.3 is 0 Å². The molecule has 0 fully saturated rings. The number of carbonyl (C=O) groups is 1. The van der Waals surface area contributed by atoms with Gasteiger partial charge in [-0.25, -0.2) is 0 Å². The van der Waals surface area contributed by atoms with E-state index in [1.807, 2.05) is 74.4 Å². The number of H-pyrrole nitrogens is 1. The molecule has 0 aliphatic carbocycles. The minimum Gasteiger partial charge on any atom is -0.494 e. The summed E-state index contributed by atoms with van der Waals surface area (Å²) < 4.78 is 5.44. The summed E-state index contributed by atoms with van der Waals surface area (Å²) >= 11 is 0. The highest BCUT2D eigenvalue weighted by Crippen LogP contribution is 2.21. The summed E-state index contributed by atoms with van der Waals surface area (Å²) in [5.41, 5.74) is 4.24. The summed E-state index contributed by atoms with van der Waals surface area (Å²) in [6.45, 7) is 3.04. The number of anilines is 1. The van der Waals surface area contributed by atoms with Crippen molar-refractivity contribution in [3.63, 3.8) is 0 Å². The van der Waals surface area contributed by atoms with Crippen molar-refractivity contribution in [2.24, 2.45) is 0 Å². The van der Waals surface area contributed by atoms with Gasteiger partial charge in [0.15, 0.2) is 0 Å². The molecule has 0 radical (unpaired) electrons. The van der Waals surface area contributed by atoms with E-state index in [2.05, 4.69) is 15.5 Å². The third-order valence-corrected chi connectivity index (χ3v) is 4.19. The normalized spacial score (nSPS) is 10.5. The maximum Gasteiger partial charge on any atom is 0.269 e. The fourth-order valence-electron chi connectivity index (χ4n) is 2.66. The smallest absolute Gasteiger partial charge is 0.269 e. The lowest BCUT2D eigenvalue weighted by Gasteiger charge is -2.12. The zero-order valence-corrected chi connectivity index (χ0v) is 15.8. The van der Waals surface area contributed by atoms with Crippen LogP contribution in [0.5, 0.6) is 5.75 Å². The molecule has 1 amide bonds. The summed E-state index contributed by atoms with van der Waals surface area (Å²) in [5, 5.41) is 9.95. The van der Waals surface area contributed by atoms with Crippen LogP contribution in [0.25, 0.3) is 11.3 Å². The van der Waals surface area contributed by atoms with Crippen LogP contribution in [-0.4, -0.2) is 36.8 Å². The Hall–Kier alpha value is -3.28. The third-order valence-electron chi connectivity index (χ3n) is 4.19. The van der Waals surface area contributed by atoms with Gasteiger partial charge in [0.1, 0.15) is 11.4 Å². The average Bonchev–Trinajstić information content (AvgIpc) is 3.17. The lowest BCUT2D eigenvalue weighted by molar-refractivity contribution is 0.0946. The Morgan fingerprint density at radius 2 is 1.81 bits per heavy atom. The van der Waals surface area contributed by atoms with E-state index in [-0.39, 0.29) is 5.91 Å². The fraction of sp³-hybridized carbons (Fsp3) is 0.238. The van der Waals surface area contributed by atoms with Crippen molar-refractivity contribution in [2.75, 3.05) is 25.6 Å². The maximum absolute atomic E-state index is 12.4. The van der Waals surface area contributed by atoms with Gasteiger partial charge in [-0.1, -0.05) is 12.1 Å². The van der Waals surface area contributed by atoms with E-state index >= 15 is 0 Å². The lowest BCUT2D eigenvalue weighted by atomic mass is 10.1. The number of nitrogens with zero attached hydrogens (tertiary/aromatic N) is 2. The predicted molar refractivity (Wildman–Crippen MR) is 107 cm³/mol. The van der Waals surface area contributed by atoms with E-state index in [1.54, 1.807) is 6.07 Å². The Kier molecular flexibility index (Phi) is 5.76. The van der Waals surface area contributed by atoms with Gasteiger partial charge in [0, 0.05) is 31.9 Å². The van der Waals surface area contributed by atoms with Crippen LogP contribution in [0.15, 0.2) is 54.6 Å². The first kappa shape index (κ1) is 18.5. The molecule has 0 spiro atoms. The molecule has 0 atom stereocenters. The Labute approximate surface area is 159 Å². The molecule has 1 aromatic heterocycles. The average molecular weight is 364 g/mol. The van der Waals surface area contributed by atoms with Gasteiger partial charge in [-0.05, 0) is 55.0 Å². The zero-order chi connectivity index (χ0) is 19.2. The van der Waals surface area contributed by atoms with Gasteiger partial charge < -0.3 is 15.0 Å². The summed E-state index contributed by atoms with van der Waals surface area (Å²) in [6.07, 6.45) is 0. The summed E-state index contributed by atoms with van der Waals surface area (Å²) in [4.78, 5) is 14.4. The third kappa shape index (κ3) is 4.67. The molecular weight excluding hydrogens is 340 g/mol. The van der Waals surface area contributed by atoms with E-state index < -0.39 is 0 Å². The van der Waals surface area contributed by atoms with Crippen LogP contribution in [0.3, 0.4) is 0 Å². The molecule has 3 aromatic rings. The highest BCUT2D eigenvalue weighted by atomic mass is 16.5. The number of hydrogen-bond acceptors (Lipinski definition) is 4. The van der Waals surface area contributed by atoms with Gasteiger partial charge in [-0.15, -0.1) is 0 Å². The van der Waals surface area contributed by atoms with Crippen LogP contribution in [-0.2, 0) is 6.54 Å². The van der Waals surface area contributed by atoms with Crippen LogP contribution >= 0.6 is 0 Å². The molecule has 0 bridgehead atoms. The van der Waals surface area contributed by atoms with Gasteiger partial charge in [-0.3, -0.25) is 9.89 Å². The SMILES string of the molecule is CCOc1ccc(-c2cc(C(=O)NCc3ccc(N(C)C)cc3)[nH]n2)cc1. The van der Waals surface area contributed by atoms with Gasteiger partial charge in [0.2, 0.25) is 0 Å². The predicted octanol–water partition coefficient (Wildman–Crippen LogP) is 3.47. The number of benzene rings is 2. The highest BCUT2D eigenvalue weighted by molar-refractivity contribution is 5.93. The first-order valence-electron chi connectivity index (χ1n) is 8.90. The van der Waals surface area contributed by atoms with E-state index in [1.165, 1.54) is 0 Å². The lowest BCUT2D eigenvalue weighted by Crippen LogP contribution is -2.23. The number of aromatic nitrogens is 2. The minimum absolute atomic E-state index is 0.184. The fourth-order valence-corrected chi connectivity index (χ4v) is 2.66. The van der Waals surface area contributed by atoms with Crippen molar-refractivity contribution in [1.29, 1.82) is 0 Å². The van der Waals surface area contributed by atoms with E-state index in [4.69, 9.17) is 4.74 Å². The number of hydrogen-bond donors (Lipinski definition) is 2. The van der Waals surface area contributed by atoms with Gasteiger partial charge in [-0.2, -0.15) is 5.10 Å². The molecular formula is C21H24N4O2. The molecule has 6 nitrogen and oxygen atoms in total. The monoisotopic (exact) mass is 364 g/mol. The van der Waals surface area contributed by atoms with Crippen LogP contribution in [0, 0.1) is 0 Å². The molecule has 1 heterocycles. The molecule has 0 saturated carbocycles. The Bertz CT molecular complexity index is 883. The number of nitrogens with one attached hydrogen (secondary N) is 2. The molecule has 140 valence electrons. The molecule has 0 unspecified atom stereocenters. The number of carbonyl (C=O) groups excluding carboxylic acids is 1. The van der Waals surface area contributed by atoms with E-state index in [0.717, 1.165) is 28.3 Å². The number of amides is 1. The van der Waals surface area contributed by atoms with Crippen molar-refractivity contribution in [2.45, 2.75) is 13.5 Å². The van der Waals surface area contributed by atoms with Crippen molar-refractivity contribution in [3.8, 4) is 17.0 Å². The maximum atomic E-state index is 12.4. The quantitative estimate of drug-likeness (QED) is 0.673. The van der Waals surface area contributed by atoms with Crippen molar-refractivity contribution >= 4 is 11.6 Å². The summed E-state index contributed by atoms with van der Waals surface area (Å²) in [5.74, 6) is 0.631. The molecule has 0 aliphatic heterocycles. The second-order valence-electron chi connectivity index (χ2n) is 6.37. The second kappa shape index (κ2) is 8.40. The van der Waals surface area contributed by atoms with Crippen molar-refractivity contribution in [3.05, 3.63) is 65.9 Å². The molecule has 3 rings (SSSR count). The van der Waals surface area contributed by atoms with E-state index in [0.29, 0.717) is 18.8 Å². The Morgan fingerprint density at radius 1 is 1.11 bits per heavy atom. The topological polar surface area (TPSA) is 70.2 Å². The second-order valence-corrected chi connectivity index (χ2v) is 6.37. The van der Waals surface area contributed by atoms with Crippen LogP contribution in [0.2, 0.25) is 0 Å². The van der Waals surface area contributed by atoms with Crippen LogP contribution < -0.4 is 15.0 Å². The molecule has 27 heavy (non-hydrogen) atoms. The van der Waals surface area contributed by atoms with Crippen LogP contribution in [0.4, 0.5) is 5.69 Å².